The van der Waals surface area contributed by atoms with E-state index in [9.17, 15) is 13.2 Å². The molecule has 0 aliphatic carbocycles. The van der Waals surface area contributed by atoms with Crippen LogP contribution in [0.15, 0.2) is 58.4 Å². The SMILES string of the molecule is CN=C(NCCNS(=O)(=O)c1cccc(Cl)c1)NCC1CC(=O)Nc2ccccc21.I. The summed E-state index contributed by atoms with van der Waals surface area (Å²) in [5.74, 6) is 0.536. The summed E-state index contributed by atoms with van der Waals surface area (Å²) in [5.41, 5.74) is 1.91. The predicted molar refractivity (Wildman–Crippen MR) is 134 cm³/mol. The van der Waals surface area contributed by atoms with Gasteiger partial charge in [-0.15, -0.1) is 24.0 Å². The molecule has 0 spiro atoms. The van der Waals surface area contributed by atoms with Crippen LogP contribution in [0.2, 0.25) is 5.02 Å². The molecule has 1 atom stereocenters. The highest BCUT2D eigenvalue weighted by Gasteiger charge is 2.24. The van der Waals surface area contributed by atoms with Crippen LogP contribution in [-0.4, -0.2) is 47.0 Å². The van der Waals surface area contributed by atoms with E-state index in [1.54, 1.807) is 19.2 Å². The zero-order chi connectivity index (χ0) is 21.6. The Morgan fingerprint density at radius 3 is 2.68 bits per heavy atom. The largest absolute Gasteiger partial charge is 0.356 e. The van der Waals surface area contributed by atoms with Crippen LogP contribution in [0.25, 0.3) is 0 Å². The number of anilines is 1. The number of sulfonamides is 1. The Labute approximate surface area is 204 Å². The fraction of sp³-hybridized carbons (Fsp3) is 0.300. The van der Waals surface area contributed by atoms with Gasteiger partial charge in [0.1, 0.15) is 0 Å². The number of benzene rings is 2. The molecular formula is C20H25ClIN5O3S. The zero-order valence-electron chi connectivity index (χ0n) is 16.9. The Hall–Kier alpha value is -1.89. The van der Waals surface area contributed by atoms with Crippen molar-refractivity contribution in [3.63, 3.8) is 0 Å². The number of amides is 1. The van der Waals surface area contributed by atoms with Gasteiger partial charge >= 0.3 is 0 Å². The molecule has 0 radical (unpaired) electrons. The smallest absolute Gasteiger partial charge is 0.240 e. The number of nitrogens with zero attached hydrogens (tertiary/aromatic N) is 1. The Kier molecular flexibility index (Phi) is 9.54. The minimum atomic E-state index is -3.64. The maximum atomic E-state index is 12.3. The molecular weight excluding hydrogens is 553 g/mol. The number of halogens is 2. The highest BCUT2D eigenvalue weighted by Crippen LogP contribution is 2.31. The van der Waals surface area contributed by atoms with Crippen molar-refractivity contribution in [1.29, 1.82) is 0 Å². The first-order valence-corrected chi connectivity index (χ1v) is 11.3. The van der Waals surface area contributed by atoms with Crippen LogP contribution in [0.3, 0.4) is 0 Å². The third kappa shape index (κ3) is 7.06. The van der Waals surface area contributed by atoms with E-state index >= 15 is 0 Å². The number of guanidine groups is 1. The van der Waals surface area contributed by atoms with E-state index in [0.29, 0.717) is 30.5 Å². The highest BCUT2D eigenvalue weighted by molar-refractivity contribution is 14.0. The average Bonchev–Trinajstić information content (AvgIpc) is 2.73. The quantitative estimate of drug-likeness (QED) is 0.175. The van der Waals surface area contributed by atoms with Crippen molar-refractivity contribution in [1.82, 2.24) is 15.4 Å². The molecule has 0 fully saturated rings. The molecule has 8 nitrogen and oxygen atoms in total. The maximum Gasteiger partial charge on any atom is 0.240 e. The van der Waals surface area contributed by atoms with Gasteiger partial charge in [-0.3, -0.25) is 9.79 Å². The van der Waals surface area contributed by atoms with Gasteiger partial charge in [0.25, 0.3) is 0 Å². The molecule has 1 unspecified atom stereocenters. The molecule has 2 aromatic carbocycles. The van der Waals surface area contributed by atoms with Crippen LogP contribution in [-0.2, 0) is 14.8 Å². The Morgan fingerprint density at radius 1 is 1.16 bits per heavy atom. The standard InChI is InChI=1S/C20H24ClN5O3S.HI/c1-22-20(23-9-10-25-30(28,29)16-6-4-5-15(21)12-16)24-13-14-11-19(27)26-18-8-3-2-7-17(14)18;/h2-8,12,14,25H,9-11,13H2,1H3,(H,26,27)(H2,22,23,24);1H. The number of para-hydroxylation sites is 1. The van der Waals surface area contributed by atoms with Gasteiger partial charge in [0.15, 0.2) is 5.96 Å². The van der Waals surface area contributed by atoms with Crippen molar-refractivity contribution in [2.24, 2.45) is 4.99 Å². The molecule has 4 N–H and O–H groups in total. The summed E-state index contributed by atoms with van der Waals surface area (Å²) in [6.07, 6.45) is 0.389. The van der Waals surface area contributed by atoms with Gasteiger partial charge in [-0.2, -0.15) is 0 Å². The molecule has 1 heterocycles. The lowest BCUT2D eigenvalue weighted by atomic mass is 9.90. The predicted octanol–water partition coefficient (Wildman–Crippen LogP) is 2.53. The van der Waals surface area contributed by atoms with E-state index in [1.165, 1.54) is 12.1 Å². The lowest BCUT2D eigenvalue weighted by Crippen LogP contribution is -2.43. The summed E-state index contributed by atoms with van der Waals surface area (Å²) in [6, 6.07) is 13.8. The van der Waals surface area contributed by atoms with Crippen LogP contribution < -0.4 is 20.7 Å². The van der Waals surface area contributed by atoms with E-state index in [2.05, 4.69) is 25.7 Å². The van der Waals surface area contributed by atoms with E-state index in [1.807, 2.05) is 24.3 Å². The Bertz CT molecular complexity index is 1050. The highest BCUT2D eigenvalue weighted by atomic mass is 127. The van der Waals surface area contributed by atoms with Gasteiger partial charge in [0.05, 0.1) is 4.90 Å². The van der Waals surface area contributed by atoms with Crippen molar-refractivity contribution < 1.29 is 13.2 Å². The molecule has 2 aromatic rings. The third-order valence-electron chi connectivity index (χ3n) is 4.66. The molecule has 0 aromatic heterocycles. The van der Waals surface area contributed by atoms with E-state index in [-0.39, 0.29) is 47.2 Å². The minimum absolute atomic E-state index is 0. The summed E-state index contributed by atoms with van der Waals surface area (Å²) in [7, 11) is -2.00. The van der Waals surface area contributed by atoms with Gasteiger partial charge in [-0.1, -0.05) is 35.9 Å². The number of hydrogen-bond donors (Lipinski definition) is 4. The second-order valence-corrected chi connectivity index (χ2v) is 8.97. The first-order chi connectivity index (χ1) is 14.4. The zero-order valence-corrected chi connectivity index (χ0v) is 20.8. The van der Waals surface area contributed by atoms with Crippen LogP contribution in [0.1, 0.15) is 17.9 Å². The first-order valence-electron chi connectivity index (χ1n) is 9.47. The normalized spacial score (nSPS) is 16.0. The number of carbonyl (C=O) groups excluding carboxylic acids is 1. The summed E-state index contributed by atoms with van der Waals surface area (Å²) in [6.45, 7) is 1.03. The number of fused-ring (bicyclic) bond motifs is 1. The molecule has 3 rings (SSSR count). The maximum absolute atomic E-state index is 12.3. The molecule has 31 heavy (non-hydrogen) atoms. The van der Waals surface area contributed by atoms with Crippen molar-refractivity contribution in [3.8, 4) is 0 Å². The van der Waals surface area contributed by atoms with Gasteiger partial charge in [-0.05, 0) is 29.8 Å². The molecule has 1 amide bonds. The van der Waals surface area contributed by atoms with Crippen LogP contribution >= 0.6 is 35.6 Å². The van der Waals surface area contributed by atoms with Gasteiger partial charge < -0.3 is 16.0 Å². The Balaban J connectivity index is 0.00000341. The summed E-state index contributed by atoms with van der Waals surface area (Å²) in [4.78, 5) is 16.2. The number of carbonyl (C=O) groups is 1. The Morgan fingerprint density at radius 2 is 1.94 bits per heavy atom. The van der Waals surface area contributed by atoms with Gasteiger partial charge in [0, 0.05) is 49.7 Å². The van der Waals surface area contributed by atoms with E-state index < -0.39 is 10.0 Å². The van der Waals surface area contributed by atoms with Crippen molar-refractivity contribution in [3.05, 3.63) is 59.1 Å². The van der Waals surface area contributed by atoms with Crippen molar-refractivity contribution in [2.75, 3.05) is 32.0 Å². The number of nitrogens with one attached hydrogen (secondary N) is 4. The lowest BCUT2D eigenvalue weighted by Gasteiger charge is -2.26. The second-order valence-electron chi connectivity index (χ2n) is 6.77. The number of aliphatic imine (C=N–C) groups is 1. The van der Waals surface area contributed by atoms with E-state index in [0.717, 1.165) is 11.3 Å². The number of hydrogen-bond acceptors (Lipinski definition) is 4. The second kappa shape index (κ2) is 11.7. The molecule has 168 valence electrons. The summed E-state index contributed by atoms with van der Waals surface area (Å²) < 4.78 is 27.1. The van der Waals surface area contributed by atoms with Gasteiger partial charge in [-0.25, -0.2) is 13.1 Å². The molecule has 0 saturated heterocycles. The minimum Gasteiger partial charge on any atom is -0.356 e. The molecule has 1 aliphatic rings. The monoisotopic (exact) mass is 577 g/mol. The molecule has 1 aliphatic heterocycles. The number of rotatable bonds is 7. The van der Waals surface area contributed by atoms with Gasteiger partial charge in [0.2, 0.25) is 15.9 Å². The summed E-state index contributed by atoms with van der Waals surface area (Å²) in [5, 5.41) is 9.50. The molecule has 11 heteroatoms. The van der Waals surface area contributed by atoms with Crippen LogP contribution in [0, 0.1) is 0 Å². The summed E-state index contributed by atoms with van der Waals surface area (Å²) >= 11 is 5.86. The van der Waals surface area contributed by atoms with Crippen molar-refractivity contribution in [2.45, 2.75) is 17.2 Å². The third-order valence-corrected chi connectivity index (χ3v) is 6.36. The average molecular weight is 578 g/mol. The topological polar surface area (TPSA) is 112 Å². The first kappa shape index (κ1) is 25.4. The van der Waals surface area contributed by atoms with Crippen LogP contribution in [0.4, 0.5) is 5.69 Å². The fourth-order valence-corrected chi connectivity index (χ4v) is 4.54. The lowest BCUT2D eigenvalue weighted by molar-refractivity contribution is -0.116. The van der Waals surface area contributed by atoms with E-state index in [4.69, 9.17) is 11.6 Å². The molecule has 0 bridgehead atoms. The molecule has 0 saturated carbocycles. The fourth-order valence-electron chi connectivity index (χ4n) is 3.21. The van der Waals surface area contributed by atoms with Crippen LogP contribution in [0.5, 0.6) is 0 Å². The van der Waals surface area contributed by atoms with Crippen molar-refractivity contribution >= 4 is 63.2 Å².